The van der Waals surface area contributed by atoms with Crippen LogP contribution < -0.4 is 20.1 Å². The third-order valence-electron chi connectivity index (χ3n) is 5.19. The number of amides is 2. The van der Waals surface area contributed by atoms with Crippen LogP contribution in [-0.2, 0) is 4.79 Å². The van der Waals surface area contributed by atoms with Crippen LogP contribution in [0.1, 0.15) is 21.7 Å². The molecule has 0 aliphatic heterocycles. The van der Waals surface area contributed by atoms with E-state index in [-0.39, 0.29) is 5.70 Å². The Balaban J connectivity index is 1.63. The molecule has 0 saturated heterocycles. The molecule has 3 aromatic carbocycles. The van der Waals surface area contributed by atoms with E-state index >= 15 is 0 Å². The van der Waals surface area contributed by atoms with E-state index in [2.05, 4.69) is 10.6 Å². The molecule has 4 aromatic rings. The second kappa shape index (κ2) is 11.3. The molecule has 4 rings (SSSR count). The van der Waals surface area contributed by atoms with Crippen molar-refractivity contribution in [3.8, 4) is 17.2 Å². The molecule has 1 aromatic heterocycles. The fourth-order valence-electron chi connectivity index (χ4n) is 3.39. The Hall–Kier alpha value is -4.49. The van der Waals surface area contributed by atoms with E-state index in [1.54, 1.807) is 60.7 Å². The number of aryl methyl sites for hydroxylation is 1. The van der Waals surface area contributed by atoms with Gasteiger partial charge < -0.3 is 24.5 Å². The normalized spacial score (nSPS) is 11.0. The summed E-state index contributed by atoms with van der Waals surface area (Å²) in [6.07, 6.45) is 2.91. The molecule has 36 heavy (non-hydrogen) atoms. The highest BCUT2D eigenvalue weighted by Gasteiger charge is 2.19. The van der Waals surface area contributed by atoms with Gasteiger partial charge in [-0.25, -0.2) is 0 Å². The fraction of sp³-hybridized carbons (Fsp3) is 0.0714. The summed E-state index contributed by atoms with van der Waals surface area (Å²) in [6.45, 7) is 1.82. The van der Waals surface area contributed by atoms with E-state index in [9.17, 15) is 9.59 Å². The number of carbonyl (C=O) groups is 2. The molecule has 0 unspecified atom stereocenters. The number of anilines is 1. The minimum absolute atomic E-state index is 0.0265. The summed E-state index contributed by atoms with van der Waals surface area (Å²) in [4.78, 5) is 26.3. The summed E-state index contributed by atoms with van der Waals surface area (Å²) >= 11 is 6.21. The number of hydrogen-bond donors (Lipinski definition) is 2. The number of para-hydroxylation sites is 2. The molecule has 0 radical (unpaired) electrons. The third-order valence-corrected chi connectivity index (χ3v) is 5.43. The van der Waals surface area contributed by atoms with Crippen LogP contribution in [0.15, 0.2) is 95.2 Å². The van der Waals surface area contributed by atoms with Crippen molar-refractivity contribution in [1.82, 2.24) is 5.32 Å². The van der Waals surface area contributed by atoms with Gasteiger partial charge in [-0.3, -0.25) is 9.59 Å². The quantitative estimate of drug-likeness (QED) is 0.270. The van der Waals surface area contributed by atoms with Gasteiger partial charge in [-0.15, -0.1) is 0 Å². The van der Waals surface area contributed by atoms with Crippen molar-refractivity contribution in [2.45, 2.75) is 6.92 Å². The maximum Gasteiger partial charge on any atom is 0.272 e. The van der Waals surface area contributed by atoms with Crippen LogP contribution in [0.4, 0.5) is 5.69 Å². The summed E-state index contributed by atoms with van der Waals surface area (Å²) < 4.78 is 16.7. The standard InChI is InChI=1S/C28H23ClN2O5/c1-18-8-3-4-10-21(18)27(32)31-23(17-20-9-7-15-35-20)28(33)30-22-16-19(29)13-14-24(22)36-26-12-6-5-11-25(26)34-2/h3-17H,1-2H3,(H,30,33)(H,31,32)/b23-17-. The lowest BCUT2D eigenvalue weighted by molar-refractivity contribution is -0.113. The van der Waals surface area contributed by atoms with E-state index in [0.717, 1.165) is 5.56 Å². The first-order valence-corrected chi connectivity index (χ1v) is 11.4. The van der Waals surface area contributed by atoms with Crippen molar-refractivity contribution in [2.24, 2.45) is 0 Å². The molecule has 0 atom stereocenters. The molecule has 1 heterocycles. The molecule has 7 nitrogen and oxygen atoms in total. The topological polar surface area (TPSA) is 89.8 Å². The van der Waals surface area contributed by atoms with Gasteiger partial charge in [-0.1, -0.05) is 41.9 Å². The number of methoxy groups -OCH3 is 1. The van der Waals surface area contributed by atoms with Crippen LogP contribution in [0.2, 0.25) is 5.02 Å². The molecular weight excluding hydrogens is 480 g/mol. The van der Waals surface area contributed by atoms with Crippen LogP contribution in [-0.4, -0.2) is 18.9 Å². The number of furan rings is 1. The van der Waals surface area contributed by atoms with Gasteiger partial charge in [0, 0.05) is 16.7 Å². The predicted octanol–water partition coefficient (Wildman–Crippen LogP) is 6.45. The minimum atomic E-state index is -0.597. The van der Waals surface area contributed by atoms with Crippen molar-refractivity contribution >= 4 is 35.2 Å². The van der Waals surface area contributed by atoms with Gasteiger partial charge >= 0.3 is 0 Å². The summed E-state index contributed by atoms with van der Waals surface area (Å²) in [7, 11) is 1.54. The van der Waals surface area contributed by atoms with Gasteiger partial charge in [0.1, 0.15) is 11.5 Å². The van der Waals surface area contributed by atoms with Gasteiger partial charge in [0.15, 0.2) is 17.2 Å². The summed E-state index contributed by atoms with van der Waals surface area (Å²) in [5, 5.41) is 5.86. The molecule has 0 aliphatic rings. The first kappa shape index (κ1) is 24.6. The minimum Gasteiger partial charge on any atom is -0.493 e. The lowest BCUT2D eigenvalue weighted by Gasteiger charge is -2.16. The Labute approximate surface area is 213 Å². The monoisotopic (exact) mass is 502 g/mol. The highest BCUT2D eigenvalue weighted by atomic mass is 35.5. The molecule has 0 fully saturated rings. The first-order chi connectivity index (χ1) is 17.4. The van der Waals surface area contributed by atoms with Crippen molar-refractivity contribution in [1.29, 1.82) is 0 Å². The zero-order valence-corrected chi connectivity index (χ0v) is 20.3. The number of ether oxygens (including phenoxy) is 2. The Morgan fingerprint density at radius 2 is 1.67 bits per heavy atom. The molecule has 0 spiro atoms. The largest absolute Gasteiger partial charge is 0.493 e. The molecule has 0 aliphatic carbocycles. The average Bonchev–Trinajstić information content (AvgIpc) is 3.39. The Kier molecular flexibility index (Phi) is 7.72. The Bertz CT molecular complexity index is 1410. The van der Waals surface area contributed by atoms with Crippen LogP contribution in [0.5, 0.6) is 17.2 Å². The number of halogens is 1. The van der Waals surface area contributed by atoms with Crippen LogP contribution in [0.25, 0.3) is 6.08 Å². The molecule has 2 N–H and O–H groups in total. The van der Waals surface area contributed by atoms with Crippen molar-refractivity contribution in [3.63, 3.8) is 0 Å². The van der Waals surface area contributed by atoms with Crippen LogP contribution >= 0.6 is 11.6 Å². The van der Waals surface area contributed by atoms with Gasteiger partial charge in [0.25, 0.3) is 11.8 Å². The van der Waals surface area contributed by atoms with Gasteiger partial charge in [-0.2, -0.15) is 0 Å². The van der Waals surface area contributed by atoms with Crippen molar-refractivity contribution in [3.05, 3.63) is 113 Å². The number of benzene rings is 3. The SMILES string of the molecule is COc1ccccc1Oc1ccc(Cl)cc1NC(=O)/C(=C/c1ccco1)NC(=O)c1ccccc1C. The molecule has 0 saturated carbocycles. The Morgan fingerprint density at radius 3 is 2.39 bits per heavy atom. The maximum absolute atomic E-state index is 13.4. The second-order valence-corrected chi connectivity index (χ2v) is 8.13. The van der Waals surface area contributed by atoms with Crippen molar-refractivity contribution in [2.75, 3.05) is 12.4 Å². The highest BCUT2D eigenvalue weighted by molar-refractivity contribution is 6.31. The summed E-state index contributed by atoms with van der Waals surface area (Å²) in [5.74, 6) is 0.672. The number of carbonyl (C=O) groups excluding carboxylic acids is 2. The molecule has 2 amide bonds. The van der Waals surface area contributed by atoms with Crippen LogP contribution in [0, 0.1) is 6.92 Å². The summed E-state index contributed by atoms with van der Waals surface area (Å²) in [6, 6.07) is 22.4. The number of hydrogen-bond acceptors (Lipinski definition) is 5. The zero-order chi connectivity index (χ0) is 25.5. The molecule has 8 heteroatoms. The zero-order valence-electron chi connectivity index (χ0n) is 19.6. The van der Waals surface area contributed by atoms with Crippen LogP contribution in [0.3, 0.4) is 0 Å². The Morgan fingerprint density at radius 1 is 0.917 bits per heavy atom. The molecular formula is C28H23ClN2O5. The molecule has 0 bridgehead atoms. The van der Waals surface area contributed by atoms with Gasteiger partial charge in [-0.05, 0) is 61.0 Å². The first-order valence-electron chi connectivity index (χ1n) is 11.0. The summed E-state index contributed by atoms with van der Waals surface area (Å²) in [5.41, 5.74) is 1.49. The lowest BCUT2D eigenvalue weighted by Crippen LogP contribution is -2.31. The van der Waals surface area contributed by atoms with Gasteiger partial charge in [0.05, 0.1) is 19.1 Å². The average molecular weight is 503 g/mol. The van der Waals surface area contributed by atoms with E-state index in [0.29, 0.717) is 39.3 Å². The second-order valence-electron chi connectivity index (χ2n) is 7.69. The highest BCUT2D eigenvalue weighted by Crippen LogP contribution is 2.36. The van der Waals surface area contributed by atoms with E-state index in [1.165, 1.54) is 19.4 Å². The predicted molar refractivity (Wildman–Crippen MR) is 138 cm³/mol. The van der Waals surface area contributed by atoms with Gasteiger partial charge in [0.2, 0.25) is 0 Å². The lowest BCUT2D eigenvalue weighted by atomic mass is 10.1. The maximum atomic E-state index is 13.4. The van der Waals surface area contributed by atoms with E-state index in [1.807, 2.05) is 25.1 Å². The smallest absolute Gasteiger partial charge is 0.272 e. The van der Waals surface area contributed by atoms with E-state index < -0.39 is 11.8 Å². The molecule has 182 valence electrons. The fourth-order valence-corrected chi connectivity index (χ4v) is 3.56. The van der Waals surface area contributed by atoms with E-state index in [4.69, 9.17) is 25.5 Å². The van der Waals surface area contributed by atoms with Crippen molar-refractivity contribution < 1.29 is 23.5 Å². The number of rotatable bonds is 8. The third kappa shape index (κ3) is 5.95. The number of nitrogens with one attached hydrogen (secondary N) is 2.